The van der Waals surface area contributed by atoms with Crippen LogP contribution in [0.15, 0.2) is 9.98 Å². The molecule has 1 fully saturated rings. The monoisotopic (exact) mass is 335 g/mol. The molecule has 0 radical (unpaired) electrons. The summed E-state index contributed by atoms with van der Waals surface area (Å²) in [7, 11) is -4.54. The SMILES string of the molecule is NC1=NC2C(N=CN2[C@H]2CC[C@@H](CO[PH](O)(O)O)O2)C(=O)N1. The van der Waals surface area contributed by atoms with Gasteiger partial charge in [0.15, 0.2) is 0 Å². The first kappa shape index (κ1) is 15.5. The molecule has 0 aromatic carbocycles. The first-order chi connectivity index (χ1) is 10.3. The molecule has 11 nitrogen and oxygen atoms in total. The summed E-state index contributed by atoms with van der Waals surface area (Å²) in [5.41, 5.74) is 5.56. The van der Waals surface area contributed by atoms with Crippen molar-refractivity contribution in [2.45, 2.75) is 37.4 Å². The van der Waals surface area contributed by atoms with Crippen molar-refractivity contribution >= 4 is 26.4 Å². The number of aliphatic imine (C=N–C) groups is 2. The number of hydrogen-bond donors (Lipinski definition) is 5. The normalized spacial score (nSPS) is 35.3. The molecule has 6 N–H and O–H groups in total. The van der Waals surface area contributed by atoms with Gasteiger partial charge in [0, 0.05) is 0 Å². The van der Waals surface area contributed by atoms with Crippen LogP contribution in [0, 0.1) is 0 Å². The Kier molecular flexibility index (Phi) is 4.02. The van der Waals surface area contributed by atoms with Crippen molar-refractivity contribution in [2.24, 2.45) is 15.7 Å². The van der Waals surface area contributed by atoms with E-state index in [2.05, 4.69) is 19.8 Å². The zero-order valence-electron chi connectivity index (χ0n) is 11.5. The van der Waals surface area contributed by atoms with Gasteiger partial charge >= 0.3 is 125 Å². The van der Waals surface area contributed by atoms with Crippen molar-refractivity contribution in [2.75, 3.05) is 6.61 Å². The number of nitrogens with zero attached hydrogens (tertiary/aromatic N) is 3. The summed E-state index contributed by atoms with van der Waals surface area (Å²) >= 11 is 0. The van der Waals surface area contributed by atoms with Crippen LogP contribution < -0.4 is 11.1 Å². The second kappa shape index (κ2) is 5.69. The number of guanidine groups is 1. The molecule has 0 aromatic heterocycles. The average Bonchev–Trinajstić information content (AvgIpc) is 3.01. The van der Waals surface area contributed by atoms with Crippen molar-refractivity contribution in [3.05, 3.63) is 0 Å². The van der Waals surface area contributed by atoms with Crippen LogP contribution >= 0.6 is 8.17 Å². The van der Waals surface area contributed by atoms with Gasteiger partial charge in [0.05, 0.1) is 0 Å². The molecular weight excluding hydrogens is 317 g/mol. The molecule has 22 heavy (non-hydrogen) atoms. The summed E-state index contributed by atoms with van der Waals surface area (Å²) in [6.45, 7) is -0.128. The van der Waals surface area contributed by atoms with Crippen molar-refractivity contribution in [3.63, 3.8) is 0 Å². The molecule has 0 spiro atoms. The van der Waals surface area contributed by atoms with Gasteiger partial charge in [-0.25, -0.2) is 0 Å². The topological polar surface area (TPSA) is 162 Å². The number of amides is 1. The Morgan fingerprint density at radius 3 is 3.00 bits per heavy atom. The second-order valence-electron chi connectivity index (χ2n) is 5.25. The molecule has 1 saturated heterocycles. The third-order valence-electron chi connectivity index (χ3n) is 3.62. The van der Waals surface area contributed by atoms with E-state index in [9.17, 15) is 4.79 Å². The zero-order valence-corrected chi connectivity index (χ0v) is 12.5. The third kappa shape index (κ3) is 3.19. The predicted octanol–water partition coefficient (Wildman–Crippen LogP) is -2.62. The quantitative estimate of drug-likeness (QED) is 0.349. The number of nitrogens with one attached hydrogen (secondary N) is 1. The molecule has 3 heterocycles. The van der Waals surface area contributed by atoms with Crippen molar-refractivity contribution in [1.82, 2.24) is 10.2 Å². The Morgan fingerprint density at radius 2 is 2.27 bits per heavy atom. The third-order valence-corrected chi connectivity index (χ3v) is 4.17. The van der Waals surface area contributed by atoms with Crippen LogP contribution in [0.4, 0.5) is 0 Å². The first-order valence-corrected chi connectivity index (χ1v) is 8.50. The van der Waals surface area contributed by atoms with Gasteiger partial charge in [-0.15, -0.1) is 0 Å². The van der Waals surface area contributed by atoms with Gasteiger partial charge < -0.3 is 0 Å². The molecule has 3 aliphatic rings. The minimum atomic E-state index is -4.54. The van der Waals surface area contributed by atoms with E-state index in [1.165, 1.54) is 6.34 Å². The summed E-state index contributed by atoms with van der Waals surface area (Å²) in [5, 5.41) is 2.42. The second-order valence-corrected chi connectivity index (χ2v) is 6.69. The van der Waals surface area contributed by atoms with Crippen LogP contribution in [0.2, 0.25) is 0 Å². The average molecular weight is 335 g/mol. The van der Waals surface area contributed by atoms with E-state index < -0.39 is 26.5 Å². The number of carbonyl (C=O) groups excluding carboxylic acids is 1. The van der Waals surface area contributed by atoms with Crippen LogP contribution in [0.3, 0.4) is 0 Å². The summed E-state index contributed by atoms with van der Waals surface area (Å²) in [6.07, 6.45) is 1.42. The maximum atomic E-state index is 11.8. The van der Waals surface area contributed by atoms with E-state index in [-0.39, 0.29) is 24.7 Å². The summed E-state index contributed by atoms with van der Waals surface area (Å²) in [5.74, 6) is -0.276. The molecule has 4 atom stereocenters. The van der Waals surface area contributed by atoms with Gasteiger partial charge in [-0.1, -0.05) is 0 Å². The molecule has 0 aromatic rings. The maximum absolute atomic E-state index is 11.8. The fourth-order valence-corrected chi connectivity index (χ4v) is 3.06. The standard InChI is InChI=1S/C10H18N5O6P/c11-10-13-8-7(9(16)14-10)12-4-15(8)6-2-1-5(21-6)3-20-22(17,18)19/h4-8,17-19,22H,1-3H2,(H3,11,13,14,16)/t5-,6+,7?,8?/m0/s1. The number of rotatable bonds is 4. The fourth-order valence-electron chi connectivity index (χ4n) is 2.65. The van der Waals surface area contributed by atoms with Crippen molar-refractivity contribution < 1.29 is 28.7 Å². The number of carbonyl (C=O) groups is 1. The van der Waals surface area contributed by atoms with Gasteiger partial charge in [-0.3, -0.25) is 0 Å². The molecule has 0 bridgehead atoms. The first-order valence-electron chi connectivity index (χ1n) is 6.75. The zero-order chi connectivity index (χ0) is 15.9. The summed E-state index contributed by atoms with van der Waals surface area (Å²) in [4.78, 5) is 48.3. The molecule has 1 amide bonds. The van der Waals surface area contributed by atoms with E-state index >= 15 is 0 Å². The van der Waals surface area contributed by atoms with E-state index in [0.717, 1.165) is 0 Å². The fraction of sp³-hybridized carbons (Fsp3) is 0.700. The molecule has 2 unspecified atom stereocenters. The van der Waals surface area contributed by atoms with Crippen LogP contribution in [-0.4, -0.2) is 68.9 Å². The Bertz CT molecular complexity index is 522. The predicted molar refractivity (Wildman–Crippen MR) is 76.5 cm³/mol. The van der Waals surface area contributed by atoms with Crippen LogP contribution in [0.1, 0.15) is 12.8 Å². The Balaban J connectivity index is 1.61. The van der Waals surface area contributed by atoms with Gasteiger partial charge in [0.1, 0.15) is 0 Å². The molecule has 124 valence electrons. The van der Waals surface area contributed by atoms with E-state index in [1.54, 1.807) is 4.90 Å². The van der Waals surface area contributed by atoms with Gasteiger partial charge in [0.25, 0.3) is 0 Å². The van der Waals surface area contributed by atoms with Crippen LogP contribution in [-0.2, 0) is 14.1 Å². The molecule has 3 rings (SSSR count). The number of hydrogen-bond acceptors (Lipinski definition) is 10. The molecule has 0 aliphatic carbocycles. The molecular formula is C10H18N5O6P. The Hall–Kier alpha value is -1.36. The van der Waals surface area contributed by atoms with Gasteiger partial charge in [0.2, 0.25) is 0 Å². The van der Waals surface area contributed by atoms with E-state index in [4.69, 9.17) is 25.2 Å². The molecule has 12 heteroatoms. The van der Waals surface area contributed by atoms with Gasteiger partial charge in [-0.2, -0.15) is 0 Å². The van der Waals surface area contributed by atoms with E-state index in [0.29, 0.717) is 12.8 Å². The van der Waals surface area contributed by atoms with Crippen molar-refractivity contribution in [3.8, 4) is 0 Å². The number of fused-ring (bicyclic) bond motifs is 1. The minimum absolute atomic E-state index is 0.0382. The van der Waals surface area contributed by atoms with Crippen LogP contribution in [0.25, 0.3) is 0 Å². The van der Waals surface area contributed by atoms with E-state index in [1.807, 2.05) is 0 Å². The van der Waals surface area contributed by atoms with Crippen LogP contribution in [0.5, 0.6) is 0 Å². The molecule has 0 saturated carbocycles. The summed E-state index contributed by atoms with van der Waals surface area (Å²) < 4.78 is 10.3. The Morgan fingerprint density at radius 1 is 1.50 bits per heavy atom. The molecule has 3 aliphatic heterocycles. The summed E-state index contributed by atoms with van der Waals surface area (Å²) in [6, 6.07) is -0.654. The number of ether oxygens (including phenoxy) is 1. The van der Waals surface area contributed by atoms with Crippen molar-refractivity contribution in [1.29, 1.82) is 0 Å². The number of nitrogens with two attached hydrogens (primary N) is 1. The van der Waals surface area contributed by atoms with Gasteiger partial charge in [-0.05, 0) is 0 Å². The Labute approximate surface area is 126 Å².